The van der Waals surface area contributed by atoms with Gasteiger partial charge in [-0.1, -0.05) is 6.92 Å². The molecule has 0 saturated carbocycles. The first-order chi connectivity index (χ1) is 15.8. The first-order valence-corrected chi connectivity index (χ1v) is 11.0. The summed E-state index contributed by atoms with van der Waals surface area (Å²) in [7, 11) is 4.52. The molecule has 33 heavy (non-hydrogen) atoms. The first kappa shape index (κ1) is 24.2. The van der Waals surface area contributed by atoms with E-state index in [-0.39, 0.29) is 18.6 Å². The fraction of sp³-hybridized carbons (Fsp3) is 0.440. The molecule has 2 aromatic rings. The second-order valence-corrected chi connectivity index (χ2v) is 7.85. The molecule has 1 aliphatic rings. The van der Waals surface area contributed by atoms with Gasteiger partial charge >= 0.3 is 6.09 Å². The molecule has 0 radical (unpaired) electrons. The highest BCUT2D eigenvalue weighted by molar-refractivity contribution is 6.12. The molecule has 0 aromatic heterocycles. The molecule has 1 aliphatic heterocycles. The third-order valence-corrected chi connectivity index (χ3v) is 6.02. The molecule has 0 bridgehead atoms. The van der Waals surface area contributed by atoms with E-state index < -0.39 is 6.09 Å². The van der Waals surface area contributed by atoms with Crippen LogP contribution < -0.4 is 24.0 Å². The van der Waals surface area contributed by atoms with Crippen LogP contribution >= 0.6 is 0 Å². The summed E-state index contributed by atoms with van der Waals surface area (Å²) in [6, 6.07) is 6.99. The normalized spacial score (nSPS) is 15.1. The smallest absolute Gasteiger partial charge is 0.414 e. The van der Waals surface area contributed by atoms with Gasteiger partial charge < -0.3 is 23.8 Å². The molecule has 0 fully saturated rings. The van der Waals surface area contributed by atoms with E-state index in [4.69, 9.17) is 18.9 Å². The second kappa shape index (κ2) is 10.0. The van der Waals surface area contributed by atoms with Gasteiger partial charge in [0.15, 0.2) is 11.5 Å². The summed E-state index contributed by atoms with van der Waals surface area (Å²) in [5.74, 6) is 0.868. The van der Waals surface area contributed by atoms with Crippen LogP contribution in [0, 0.1) is 13.8 Å². The minimum absolute atomic E-state index is 0.242. The number of amides is 2. The minimum Gasteiger partial charge on any atom is -0.493 e. The number of ether oxygens (including phenoxy) is 4. The predicted molar refractivity (Wildman–Crippen MR) is 127 cm³/mol. The lowest BCUT2D eigenvalue weighted by molar-refractivity contribution is 0.0977. The third-order valence-electron chi connectivity index (χ3n) is 6.02. The molecule has 8 nitrogen and oxygen atoms in total. The summed E-state index contributed by atoms with van der Waals surface area (Å²) in [5, 5.41) is 0. The lowest BCUT2D eigenvalue weighted by Crippen LogP contribution is -2.53. The van der Waals surface area contributed by atoms with Crippen molar-refractivity contribution in [1.82, 2.24) is 0 Å². The number of carbonyl (C=O) groups is 2. The van der Waals surface area contributed by atoms with Crippen molar-refractivity contribution >= 4 is 23.4 Å². The van der Waals surface area contributed by atoms with Gasteiger partial charge in [-0.25, -0.2) is 4.79 Å². The van der Waals surface area contributed by atoms with Crippen molar-refractivity contribution in [2.45, 2.75) is 40.2 Å². The number of hydrogen-bond donors (Lipinski definition) is 0. The van der Waals surface area contributed by atoms with Crippen LogP contribution in [0.2, 0.25) is 0 Å². The molecule has 2 aromatic carbocycles. The Morgan fingerprint density at radius 1 is 0.939 bits per heavy atom. The standard InChI is InChI=1S/C25H32N2O6/c1-8-17-14-26(24(28)18-10-11-21(30-5)23(32-7)22(18)31-6)19-12-15(3)16(4)13-20(19)27(17)25(29)33-9-2/h10-13,17H,8-9,14H2,1-7H3. The number of methoxy groups -OCH3 is 3. The zero-order valence-electron chi connectivity index (χ0n) is 20.4. The lowest BCUT2D eigenvalue weighted by atomic mass is 9.99. The highest BCUT2D eigenvalue weighted by Gasteiger charge is 2.38. The lowest BCUT2D eigenvalue weighted by Gasteiger charge is -2.42. The van der Waals surface area contributed by atoms with Gasteiger partial charge in [-0.2, -0.15) is 0 Å². The number of benzene rings is 2. The number of anilines is 2. The molecular weight excluding hydrogens is 424 g/mol. The highest BCUT2D eigenvalue weighted by atomic mass is 16.6. The zero-order valence-corrected chi connectivity index (χ0v) is 20.4. The summed E-state index contributed by atoms with van der Waals surface area (Å²) in [5.41, 5.74) is 3.69. The van der Waals surface area contributed by atoms with E-state index in [9.17, 15) is 9.59 Å². The maximum atomic E-state index is 13.9. The van der Waals surface area contributed by atoms with Gasteiger partial charge in [0.05, 0.1) is 50.9 Å². The topological polar surface area (TPSA) is 77.5 Å². The summed E-state index contributed by atoms with van der Waals surface area (Å²) < 4.78 is 21.7. The van der Waals surface area contributed by atoms with Crippen LogP contribution in [-0.4, -0.2) is 52.5 Å². The summed E-state index contributed by atoms with van der Waals surface area (Å²) >= 11 is 0. The monoisotopic (exact) mass is 456 g/mol. The predicted octanol–water partition coefficient (Wildman–Crippen LogP) is 4.73. The van der Waals surface area contributed by atoms with Crippen molar-refractivity contribution in [1.29, 1.82) is 0 Å². The zero-order chi connectivity index (χ0) is 24.3. The Kier molecular flexibility index (Phi) is 7.36. The fourth-order valence-electron chi connectivity index (χ4n) is 4.14. The molecular formula is C25H32N2O6. The van der Waals surface area contributed by atoms with Gasteiger partial charge in [0.25, 0.3) is 5.91 Å². The Labute approximate surface area is 195 Å². The van der Waals surface area contributed by atoms with Gasteiger partial charge in [0.1, 0.15) is 0 Å². The molecule has 3 rings (SSSR count). The Morgan fingerprint density at radius 3 is 2.12 bits per heavy atom. The summed E-state index contributed by atoms with van der Waals surface area (Å²) in [6.45, 7) is 8.33. The van der Waals surface area contributed by atoms with Crippen LogP contribution in [0.15, 0.2) is 24.3 Å². The van der Waals surface area contributed by atoms with E-state index in [1.807, 2.05) is 32.9 Å². The molecule has 1 heterocycles. The number of rotatable bonds is 6. The Bertz CT molecular complexity index is 1050. The number of hydrogen-bond acceptors (Lipinski definition) is 6. The van der Waals surface area contributed by atoms with Crippen molar-refractivity contribution < 1.29 is 28.5 Å². The van der Waals surface area contributed by atoms with E-state index in [1.165, 1.54) is 21.3 Å². The van der Waals surface area contributed by atoms with Crippen LogP contribution in [0.5, 0.6) is 17.2 Å². The molecule has 0 N–H and O–H groups in total. The average Bonchev–Trinajstić information content (AvgIpc) is 2.82. The summed E-state index contributed by atoms with van der Waals surface area (Å²) in [4.78, 5) is 30.1. The number of nitrogens with zero attached hydrogens (tertiary/aromatic N) is 2. The first-order valence-electron chi connectivity index (χ1n) is 11.0. The third kappa shape index (κ3) is 4.29. The largest absolute Gasteiger partial charge is 0.493 e. The maximum absolute atomic E-state index is 13.9. The van der Waals surface area contributed by atoms with Crippen molar-refractivity contribution in [2.75, 3.05) is 44.3 Å². The fourth-order valence-corrected chi connectivity index (χ4v) is 4.14. The van der Waals surface area contributed by atoms with Crippen LogP contribution in [0.3, 0.4) is 0 Å². The maximum Gasteiger partial charge on any atom is 0.414 e. The van der Waals surface area contributed by atoms with E-state index in [0.29, 0.717) is 47.2 Å². The van der Waals surface area contributed by atoms with Crippen molar-refractivity contribution in [3.63, 3.8) is 0 Å². The molecule has 1 atom stereocenters. The molecule has 0 spiro atoms. The highest BCUT2D eigenvalue weighted by Crippen LogP contribution is 2.43. The number of carbonyl (C=O) groups excluding carboxylic acids is 2. The van der Waals surface area contributed by atoms with E-state index in [0.717, 1.165) is 11.1 Å². The second-order valence-electron chi connectivity index (χ2n) is 7.85. The van der Waals surface area contributed by atoms with Gasteiger partial charge in [0.2, 0.25) is 5.75 Å². The van der Waals surface area contributed by atoms with Crippen molar-refractivity contribution in [2.24, 2.45) is 0 Å². The van der Waals surface area contributed by atoms with Gasteiger partial charge in [0, 0.05) is 6.54 Å². The Balaban J connectivity index is 2.18. The molecule has 0 aliphatic carbocycles. The van der Waals surface area contributed by atoms with Crippen molar-refractivity contribution in [3.05, 3.63) is 41.0 Å². The minimum atomic E-state index is -0.412. The Hall–Kier alpha value is -3.42. The number of fused-ring (bicyclic) bond motifs is 1. The van der Waals surface area contributed by atoms with Crippen LogP contribution in [0.1, 0.15) is 41.8 Å². The molecule has 2 amide bonds. The van der Waals surface area contributed by atoms with Gasteiger partial charge in [-0.15, -0.1) is 0 Å². The SMILES string of the molecule is CCOC(=O)N1c2cc(C)c(C)cc2N(C(=O)c2ccc(OC)c(OC)c2OC)CC1CC. The molecule has 1 unspecified atom stereocenters. The Morgan fingerprint density at radius 2 is 1.58 bits per heavy atom. The van der Waals surface area contributed by atoms with Crippen LogP contribution in [0.4, 0.5) is 16.2 Å². The van der Waals surface area contributed by atoms with Gasteiger partial charge in [-0.05, 0) is 62.6 Å². The summed E-state index contributed by atoms with van der Waals surface area (Å²) in [6.07, 6.45) is 0.238. The quantitative estimate of drug-likeness (QED) is 0.625. The number of aryl methyl sites for hydroxylation is 2. The van der Waals surface area contributed by atoms with Crippen molar-refractivity contribution in [3.8, 4) is 17.2 Å². The van der Waals surface area contributed by atoms with Gasteiger partial charge in [-0.3, -0.25) is 9.69 Å². The van der Waals surface area contributed by atoms with E-state index >= 15 is 0 Å². The van der Waals surface area contributed by atoms with Crippen LogP contribution in [0.25, 0.3) is 0 Å². The average molecular weight is 457 g/mol. The molecule has 8 heteroatoms. The molecule has 0 saturated heterocycles. The van der Waals surface area contributed by atoms with Crippen LogP contribution in [-0.2, 0) is 4.74 Å². The van der Waals surface area contributed by atoms with E-state index in [1.54, 1.807) is 28.9 Å². The molecule has 178 valence electrons. The van der Waals surface area contributed by atoms with E-state index in [2.05, 4.69) is 0 Å².